The Kier molecular flexibility index (Phi) is 6.53. The van der Waals surface area contributed by atoms with Crippen molar-refractivity contribution in [1.29, 1.82) is 5.26 Å². The molecule has 0 unspecified atom stereocenters. The number of halogens is 3. The Morgan fingerprint density at radius 3 is 2.56 bits per heavy atom. The minimum Gasteiger partial charge on any atom is -0.462 e. The fraction of sp³-hybridized carbons (Fsp3) is 0.450. The maximum Gasteiger partial charge on any atom is 0.425 e. The highest BCUT2D eigenvalue weighted by atomic mass is 32.2. The summed E-state index contributed by atoms with van der Waals surface area (Å²) < 4.78 is 69.6. The van der Waals surface area contributed by atoms with E-state index in [9.17, 15) is 31.6 Å². The molecule has 32 heavy (non-hydrogen) atoms. The average Bonchev–Trinajstić information content (AvgIpc) is 3.42. The number of nitriles is 1. The van der Waals surface area contributed by atoms with Crippen LogP contribution in [0.1, 0.15) is 52.4 Å². The Morgan fingerprint density at radius 2 is 2.03 bits per heavy atom. The molecule has 1 aliphatic carbocycles. The molecule has 3 rings (SSSR count). The fourth-order valence-electron chi connectivity index (χ4n) is 3.07. The number of hydrogen-bond donors (Lipinski definition) is 1. The summed E-state index contributed by atoms with van der Waals surface area (Å²) >= 11 is 0.371. The number of pyridine rings is 1. The van der Waals surface area contributed by atoms with Crippen molar-refractivity contribution >= 4 is 33.0 Å². The Labute approximate surface area is 187 Å². The van der Waals surface area contributed by atoms with Gasteiger partial charge in [-0.3, -0.25) is 0 Å². The van der Waals surface area contributed by atoms with Crippen LogP contribution in [0.5, 0.6) is 0 Å². The van der Waals surface area contributed by atoms with Crippen LogP contribution in [0.3, 0.4) is 0 Å². The molecule has 0 bridgehead atoms. The van der Waals surface area contributed by atoms with Gasteiger partial charge >= 0.3 is 12.1 Å². The van der Waals surface area contributed by atoms with E-state index < -0.39 is 32.3 Å². The van der Waals surface area contributed by atoms with Crippen LogP contribution >= 0.6 is 11.3 Å². The molecule has 172 valence electrons. The van der Waals surface area contributed by atoms with Gasteiger partial charge in [0.15, 0.2) is 9.84 Å². The first kappa shape index (κ1) is 24.0. The van der Waals surface area contributed by atoms with E-state index in [1.807, 2.05) is 0 Å². The van der Waals surface area contributed by atoms with Gasteiger partial charge in [-0.2, -0.15) is 18.4 Å². The van der Waals surface area contributed by atoms with Crippen molar-refractivity contribution in [2.45, 2.75) is 49.7 Å². The number of carbonyl (C=O) groups is 1. The first-order valence-corrected chi connectivity index (χ1v) is 12.2. The standard InChI is InChI=1S/C20H20F3N3O4S2/c1-3-30-18(27)13-8-16(20(21,22)23)31-14(13)10-26-17-15(32(28,29)4-2)7-12(9-25-17)19(11-24)5-6-19/h7-9H,3-6,10H2,1-2H3,(H,25,26). The van der Waals surface area contributed by atoms with E-state index in [4.69, 9.17) is 4.74 Å². The number of anilines is 1. The van der Waals surface area contributed by atoms with E-state index in [0.717, 1.165) is 6.07 Å². The maximum absolute atomic E-state index is 13.2. The van der Waals surface area contributed by atoms with Gasteiger partial charge in [0.1, 0.15) is 15.6 Å². The normalized spacial score (nSPS) is 15.1. The molecule has 0 spiro atoms. The minimum atomic E-state index is -4.64. The van der Waals surface area contributed by atoms with Crippen molar-refractivity contribution in [2.75, 3.05) is 17.7 Å². The summed E-state index contributed by atoms with van der Waals surface area (Å²) in [7, 11) is -3.75. The predicted octanol–water partition coefficient (Wildman–Crippen LogP) is 4.30. The van der Waals surface area contributed by atoms with Gasteiger partial charge < -0.3 is 10.1 Å². The fourth-order valence-corrected chi connectivity index (χ4v) is 5.06. The van der Waals surface area contributed by atoms with Gasteiger partial charge in [0.05, 0.1) is 36.0 Å². The van der Waals surface area contributed by atoms with E-state index in [0.29, 0.717) is 29.7 Å². The zero-order valence-corrected chi connectivity index (χ0v) is 18.9. The lowest BCUT2D eigenvalue weighted by Crippen LogP contribution is -2.14. The number of hydrogen-bond acceptors (Lipinski definition) is 8. The molecule has 1 saturated carbocycles. The van der Waals surface area contributed by atoms with E-state index in [2.05, 4.69) is 16.4 Å². The molecular formula is C20H20F3N3O4S2. The van der Waals surface area contributed by atoms with Crippen LogP contribution in [0.4, 0.5) is 19.0 Å². The Morgan fingerprint density at radius 1 is 1.34 bits per heavy atom. The van der Waals surface area contributed by atoms with Gasteiger partial charge in [-0.1, -0.05) is 6.92 Å². The van der Waals surface area contributed by atoms with Crippen LogP contribution < -0.4 is 5.32 Å². The van der Waals surface area contributed by atoms with Crippen molar-refractivity contribution in [3.63, 3.8) is 0 Å². The average molecular weight is 488 g/mol. The second-order valence-corrected chi connectivity index (χ2v) is 10.6. The lowest BCUT2D eigenvalue weighted by molar-refractivity contribution is -0.134. The number of sulfone groups is 1. The zero-order valence-electron chi connectivity index (χ0n) is 17.2. The number of carbonyl (C=O) groups excluding carboxylic acids is 1. The number of esters is 1. The first-order valence-electron chi connectivity index (χ1n) is 9.73. The second kappa shape index (κ2) is 8.71. The molecule has 2 heterocycles. The molecule has 1 fully saturated rings. The molecule has 1 N–H and O–H groups in total. The lowest BCUT2D eigenvalue weighted by atomic mass is 10.00. The number of nitrogens with zero attached hydrogens (tertiary/aromatic N) is 2. The largest absolute Gasteiger partial charge is 0.462 e. The van der Waals surface area contributed by atoms with Gasteiger partial charge in [0.2, 0.25) is 0 Å². The van der Waals surface area contributed by atoms with Crippen molar-refractivity contribution in [3.05, 3.63) is 39.2 Å². The van der Waals surface area contributed by atoms with E-state index in [1.54, 1.807) is 0 Å². The Hall–Kier alpha value is -2.65. The van der Waals surface area contributed by atoms with Crippen LogP contribution in [0.15, 0.2) is 23.2 Å². The molecular weight excluding hydrogens is 467 g/mol. The second-order valence-electron chi connectivity index (χ2n) is 7.19. The molecule has 7 nitrogen and oxygen atoms in total. The number of thiophene rings is 1. The Balaban J connectivity index is 1.97. The lowest BCUT2D eigenvalue weighted by Gasteiger charge is -2.14. The summed E-state index contributed by atoms with van der Waals surface area (Å²) in [5, 5.41) is 12.2. The summed E-state index contributed by atoms with van der Waals surface area (Å²) in [5.41, 5.74) is -0.509. The van der Waals surface area contributed by atoms with Gasteiger partial charge in [-0.25, -0.2) is 18.2 Å². The molecule has 0 saturated heterocycles. The van der Waals surface area contributed by atoms with Crippen LogP contribution in [0.25, 0.3) is 0 Å². The first-order chi connectivity index (χ1) is 15.0. The quantitative estimate of drug-likeness (QED) is 0.553. The number of ether oxygens (including phenoxy) is 1. The summed E-state index contributed by atoms with van der Waals surface area (Å²) in [6.07, 6.45) is -2.05. The molecule has 0 amide bonds. The zero-order chi connectivity index (χ0) is 23.7. The van der Waals surface area contributed by atoms with E-state index in [-0.39, 0.29) is 40.1 Å². The van der Waals surface area contributed by atoms with E-state index in [1.165, 1.54) is 26.1 Å². The summed E-state index contributed by atoms with van der Waals surface area (Å²) in [5.74, 6) is -1.18. The van der Waals surface area contributed by atoms with Gasteiger partial charge in [0.25, 0.3) is 0 Å². The van der Waals surface area contributed by atoms with Crippen LogP contribution in [0, 0.1) is 11.3 Å². The highest BCUT2D eigenvalue weighted by Crippen LogP contribution is 2.48. The van der Waals surface area contributed by atoms with Crippen molar-refractivity contribution < 1.29 is 31.1 Å². The van der Waals surface area contributed by atoms with Crippen LogP contribution in [0.2, 0.25) is 0 Å². The highest BCUT2D eigenvalue weighted by Gasteiger charge is 2.46. The topological polar surface area (TPSA) is 109 Å². The monoisotopic (exact) mass is 487 g/mol. The molecule has 12 heteroatoms. The number of nitrogens with one attached hydrogen (secondary N) is 1. The van der Waals surface area contributed by atoms with Crippen molar-refractivity contribution in [3.8, 4) is 6.07 Å². The molecule has 0 aromatic carbocycles. The van der Waals surface area contributed by atoms with Crippen LogP contribution in [-0.2, 0) is 32.7 Å². The summed E-state index contributed by atoms with van der Waals surface area (Å²) in [4.78, 5) is 15.2. The predicted molar refractivity (Wildman–Crippen MR) is 111 cm³/mol. The SMILES string of the molecule is CCOC(=O)c1cc(C(F)(F)F)sc1CNc1ncc(C2(C#N)CC2)cc1S(=O)(=O)CC. The summed E-state index contributed by atoms with van der Waals surface area (Å²) in [6.45, 7) is 2.72. The third-order valence-electron chi connectivity index (χ3n) is 5.08. The maximum atomic E-state index is 13.2. The number of alkyl halides is 3. The molecule has 2 aromatic rings. The van der Waals surface area contributed by atoms with Gasteiger partial charge in [0, 0.05) is 11.1 Å². The van der Waals surface area contributed by atoms with E-state index >= 15 is 0 Å². The minimum absolute atomic E-state index is 0.00848. The third kappa shape index (κ3) is 4.73. The highest BCUT2D eigenvalue weighted by molar-refractivity contribution is 7.91. The summed E-state index contributed by atoms with van der Waals surface area (Å²) in [6, 6.07) is 4.30. The van der Waals surface area contributed by atoms with Gasteiger partial charge in [-0.05, 0) is 37.5 Å². The van der Waals surface area contributed by atoms with Crippen molar-refractivity contribution in [2.24, 2.45) is 0 Å². The molecule has 1 aliphatic rings. The van der Waals surface area contributed by atoms with Crippen LogP contribution in [-0.4, -0.2) is 31.7 Å². The number of aromatic nitrogens is 1. The molecule has 2 aromatic heterocycles. The third-order valence-corrected chi connectivity index (χ3v) is 8.01. The molecule has 0 aliphatic heterocycles. The Bertz CT molecular complexity index is 1180. The smallest absolute Gasteiger partial charge is 0.425 e. The van der Waals surface area contributed by atoms with Crippen molar-refractivity contribution in [1.82, 2.24) is 4.98 Å². The van der Waals surface area contributed by atoms with Gasteiger partial charge in [-0.15, -0.1) is 11.3 Å². The molecule has 0 radical (unpaired) electrons. The molecule has 0 atom stereocenters. The number of rotatable bonds is 8.